The predicted octanol–water partition coefficient (Wildman–Crippen LogP) is 4.69. The van der Waals surface area contributed by atoms with Gasteiger partial charge in [0.15, 0.2) is 0 Å². The third kappa shape index (κ3) is 5.15. The van der Waals surface area contributed by atoms with Crippen molar-refractivity contribution in [1.82, 2.24) is 0 Å². The Hall–Kier alpha value is -1.71. The topological polar surface area (TPSA) is 37.3 Å². The Kier molecular flexibility index (Phi) is 6.75. The highest BCUT2D eigenvalue weighted by molar-refractivity contribution is 7.88. The number of unbranched alkanes of at least 4 members (excludes halogenated alkanes) is 1. The van der Waals surface area contributed by atoms with Crippen LogP contribution < -0.4 is 0 Å². The van der Waals surface area contributed by atoms with Gasteiger partial charge in [-0.25, -0.2) is 4.21 Å². The van der Waals surface area contributed by atoms with E-state index in [2.05, 4.69) is 6.92 Å². The van der Waals surface area contributed by atoms with Crippen LogP contribution >= 0.6 is 0 Å². The van der Waals surface area contributed by atoms with E-state index < -0.39 is 16.9 Å². The average Bonchev–Trinajstić information content (AvgIpc) is 2.58. The Morgan fingerprint density at radius 1 is 1.13 bits per heavy atom. The van der Waals surface area contributed by atoms with E-state index in [0.717, 1.165) is 34.4 Å². The van der Waals surface area contributed by atoms with Crippen LogP contribution in [-0.4, -0.2) is 15.4 Å². The Balaban J connectivity index is 2.32. The van der Waals surface area contributed by atoms with E-state index in [9.17, 15) is 9.32 Å². The number of aryl methyl sites for hydroxylation is 1. The zero-order valence-corrected chi connectivity index (χ0v) is 14.6. The van der Waals surface area contributed by atoms with Crippen LogP contribution in [-0.2, 0) is 10.8 Å². The molecule has 0 fully saturated rings. The van der Waals surface area contributed by atoms with Crippen LogP contribution in [0.3, 0.4) is 0 Å². The number of benzene rings is 2. The summed E-state index contributed by atoms with van der Waals surface area (Å²) in [6.07, 6.45) is 2.07. The van der Waals surface area contributed by atoms with Crippen molar-refractivity contribution in [2.75, 3.05) is 0 Å². The average molecular weight is 328 g/mol. The van der Waals surface area contributed by atoms with Crippen LogP contribution in [0.1, 0.15) is 37.3 Å². The first-order chi connectivity index (χ1) is 11.1. The molecule has 1 N–H and O–H groups in total. The molecule has 0 aliphatic heterocycles. The van der Waals surface area contributed by atoms with Crippen molar-refractivity contribution < 1.29 is 9.32 Å². The predicted molar refractivity (Wildman–Crippen MR) is 97.5 cm³/mol. The van der Waals surface area contributed by atoms with Gasteiger partial charge >= 0.3 is 0 Å². The molecule has 2 atom stereocenters. The SMILES string of the molecule is CCCC[C@H](O)/C(=C\[S@@](=O)c1ccc(C)cc1)c1ccccc1. The summed E-state index contributed by atoms with van der Waals surface area (Å²) in [6, 6.07) is 17.4. The van der Waals surface area contributed by atoms with Crippen molar-refractivity contribution in [2.45, 2.75) is 44.1 Å². The first-order valence-corrected chi connectivity index (χ1v) is 9.25. The molecule has 0 aliphatic carbocycles. The molecule has 2 aromatic rings. The molecule has 0 saturated carbocycles. The Morgan fingerprint density at radius 3 is 2.39 bits per heavy atom. The minimum absolute atomic E-state index is 0.591. The van der Waals surface area contributed by atoms with Gasteiger partial charge in [-0.1, -0.05) is 67.8 Å². The second kappa shape index (κ2) is 8.80. The summed E-state index contributed by atoms with van der Waals surface area (Å²) in [4.78, 5) is 0.756. The van der Waals surface area contributed by atoms with Crippen LogP contribution in [0.4, 0.5) is 0 Å². The number of hydrogen-bond acceptors (Lipinski definition) is 2. The van der Waals surface area contributed by atoms with E-state index >= 15 is 0 Å². The van der Waals surface area contributed by atoms with Crippen molar-refractivity contribution >= 4 is 16.4 Å². The molecule has 0 amide bonds. The first-order valence-electron chi connectivity index (χ1n) is 8.04. The van der Waals surface area contributed by atoms with Crippen molar-refractivity contribution in [3.63, 3.8) is 0 Å². The van der Waals surface area contributed by atoms with Gasteiger partial charge in [0, 0.05) is 10.3 Å². The van der Waals surface area contributed by atoms with Gasteiger partial charge in [-0.05, 0) is 36.6 Å². The monoisotopic (exact) mass is 328 g/mol. The van der Waals surface area contributed by atoms with Gasteiger partial charge in [0.25, 0.3) is 0 Å². The molecule has 0 spiro atoms. The standard InChI is InChI=1S/C20H24O2S/c1-3-4-10-20(21)19(17-8-6-5-7-9-17)15-23(22)18-13-11-16(2)12-14-18/h5-9,11-15,20-21H,3-4,10H2,1-2H3/b19-15-/t20-,23+/m0/s1. The molecule has 2 rings (SSSR count). The molecule has 0 heterocycles. The molecular formula is C20H24O2S. The number of aliphatic hydroxyl groups is 1. The third-order valence-electron chi connectivity index (χ3n) is 3.78. The van der Waals surface area contributed by atoms with Crippen LogP contribution in [0.25, 0.3) is 5.57 Å². The molecule has 0 bridgehead atoms. The Bertz CT molecular complexity index is 660. The van der Waals surface area contributed by atoms with Crippen molar-refractivity contribution in [3.05, 3.63) is 71.1 Å². The lowest BCUT2D eigenvalue weighted by Crippen LogP contribution is -2.10. The summed E-state index contributed by atoms with van der Waals surface area (Å²) < 4.78 is 12.6. The summed E-state index contributed by atoms with van der Waals surface area (Å²) >= 11 is 0. The highest BCUT2D eigenvalue weighted by atomic mass is 32.2. The third-order valence-corrected chi connectivity index (χ3v) is 4.99. The summed E-state index contributed by atoms with van der Waals surface area (Å²) in [5.74, 6) is 0. The number of hydrogen-bond donors (Lipinski definition) is 1. The van der Waals surface area contributed by atoms with Gasteiger partial charge in [0.2, 0.25) is 0 Å². The van der Waals surface area contributed by atoms with Gasteiger partial charge in [0.05, 0.1) is 16.9 Å². The zero-order valence-electron chi connectivity index (χ0n) is 13.7. The highest BCUT2D eigenvalue weighted by Gasteiger charge is 2.14. The van der Waals surface area contributed by atoms with Gasteiger partial charge in [0.1, 0.15) is 0 Å². The van der Waals surface area contributed by atoms with E-state index in [1.54, 1.807) is 5.41 Å². The minimum atomic E-state index is -1.27. The fourth-order valence-corrected chi connectivity index (χ4v) is 3.44. The first kappa shape index (κ1) is 17.6. The van der Waals surface area contributed by atoms with Gasteiger partial charge in [-0.2, -0.15) is 0 Å². The Morgan fingerprint density at radius 2 is 1.78 bits per heavy atom. The molecule has 0 aromatic heterocycles. The van der Waals surface area contributed by atoms with Gasteiger partial charge in [-0.15, -0.1) is 0 Å². The van der Waals surface area contributed by atoms with E-state index in [1.165, 1.54) is 0 Å². The van der Waals surface area contributed by atoms with Crippen LogP contribution in [0.5, 0.6) is 0 Å². The van der Waals surface area contributed by atoms with E-state index in [1.807, 2.05) is 61.5 Å². The molecule has 3 heteroatoms. The van der Waals surface area contributed by atoms with Crippen LogP contribution in [0, 0.1) is 6.92 Å². The number of rotatable bonds is 7. The normalized spacial score (nSPS) is 14.5. The van der Waals surface area contributed by atoms with E-state index in [-0.39, 0.29) is 0 Å². The van der Waals surface area contributed by atoms with E-state index in [0.29, 0.717) is 6.42 Å². The lowest BCUT2D eigenvalue weighted by atomic mass is 9.98. The molecule has 2 aromatic carbocycles. The minimum Gasteiger partial charge on any atom is -0.388 e. The fraction of sp³-hybridized carbons (Fsp3) is 0.300. The Labute approximate surface area is 141 Å². The molecule has 0 saturated heterocycles. The molecule has 122 valence electrons. The van der Waals surface area contributed by atoms with Crippen LogP contribution in [0.15, 0.2) is 64.9 Å². The molecule has 2 nitrogen and oxygen atoms in total. The second-order valence-corrected chi connectivity index (χ2v) is 7.01. The van der Waals surface area contributed by atoms with Crippen molar-refractivity contribution in [2.24, 2.45) is 0 Å². The van der Waals surface area contributed by atoms with Crippen LogP contribution in [0.2, 0.25) is 0 Å². The maximum Gasteiger partial charge on any atom is 0.0801 e. The van der Waals surface area contributed by atoms with Crippen molar-refractivity contribution in [3.8, 4) is 0 Å². The summed E-state index contributed by atoms with van der Waals surface area (Å²) in [6.45, 7) is 4.11. The summed E-state index contributed by atoms with van der Waals surface area (Å²) in [5.41, 5.74) is 2.82. The largest absolute Gasteiger partial charge is 0.388 e. The van der Waals surface area contributed by atoms with Gasteiger partial charge in [-0.3, -0.25) is 0 Å². The smallest absolute Gasteiger partial charge is 0.0801 e. The van der Waals surface area contributed by atoms with Crippen molar-refractivity contribution in [1.29, 1.82) is 0 Å². The van der Waals surface area contributed by atoms with E-state index in [4.69, 9.17) is 0 Å². The summed E-state index contributed by atoms with van der Waals surface area (Å²) in [5, 5.41) is 12.2. The second-order valence-electron chi connectivity index (χ2n) is 5.71. The zero-order chi connectivity index (χ0) is 16.7. The molecule has 0 unspecified atom stereocenters. The van der Waals surface area contributed by atoms with Gasteiger partial charge < -0.3 is 5.11 Å². The lowest BCUT2D eigenvalue weighted by molar-refractivity contribution is 0.218. The highest BCUT2D eigenvalue weighted by Crippen LogP contribution is 2.24. The quantitative estimate of drug-likeness (QED) is 0.800. The molecule has 0 radical (unpaired) electrons. The maximum absolute atomic E-state index is 12.6. The molecular weight excluding hydrogens is 304 g/mol. The molecule has 23 heavy (non-hydrogen) atoms. The lowest BCUT2D eigenvalue weighted by Gasteiger charge is -2.15. The fourth-order valence-electron chi connectivity index (χ4n) is 2.38. The maximum atomic E-state index is 12.6. The number of aliphatic hydroxyl groups excluding tert-OH is 1. The molecule has 0 aliphatic rings. The summed E-state index contributed by atoms with van der Waals surface area (Å²) in [7, 11) is -1.27.